The molecule has 0 radical (unpaired) electrons. The van der Waals surface area contributed by atoms with Crippen LogP contribution in [0.2, 0.25) is 0 Å². The molecule has 0 aliphatic heterocycles. The minimum atomic E-state index is 0.710. The average molecular weight is 901 g/mol. The fourth-order valence-electron chi connectivity index (χ4n) is 7.07. The maximum atomic E-state index is 6.51. The molecule has 0 N–H and O–H groups in total. The summed E-state index contributed by atoms with van der Waals surface area (Å²) in [5.74, 6) is 3.52. The number of hydrogen-bond acceptors (Lipinski definition) is 4. The molecule has 4 nitrogen and oxygen atoms in total. The molecule has 0 heterocycles. The van der Waals surface area contributed by atoms with Gasteiger partial charge in [0.05, 0.1) is 35.4 Å². The Morgan fingerprint density at radius 1 is 0.321 bits per heavy atom. The number of unbranched alkanes of at least 4 members (excludes halogenated alkanes) is 20. The van der Waals surface area contributed by atoms with Crippen molar-refractivity contribution in [1.29, 1.82) is 0 Å². The van der Waals surface area contributed by atoms with Crippen LogP contribution in [0.1, 0.15) is 182 Å². The van der Waals surface area contributed by atoms with E-state index in [1.54, 1.807) is 0 Å². The second-order valence-electron chi connectivity index (χ2n) is 15.6. The quantitative estimate of drug-likeness (QED) is 0.0560. The summed E-state index contributed by atoms with van der Waals surface area (Å²) < 4.78 is 27.7. The van der Waals surface area contributed by atoms with Crippen LogP contribution >= 0.6 is 31.9 Å². The van der Waals surface area contributed by atoms with Gasteiger partial charge in [-0.05, 0) is 92.9 Å². The Hall–Kier alpha value is -2.18. The van der Waals surface area contributed by atoms with Gasteiger partial charge in [0, 0.05) is 11.1 Å². The van der Waals surface area contributed by atoms with E-state index in [1.807, 2.05) is 0 Å². The zero-order chi connectivity index (χ0) is 40.1. The van der Waals surface area contributed by atoms with Crippen molar-refractivity contribution in [3.8, 4) is 45.3 Å². The van der Waals surface area contributed by atoms with Gasteiger partial charge in [0.1, 0.15) is 23.0 Å². The zero-order valence-electron chi connectivity index (χ0n) is 35.8. The molecule has 0 aliphatic rings. The first kappa shape index (κ1) is 48.2. The predicted molar refractivity (Wildman–Crippen MR) is 248 cm³/mol. The molecule has 3 aromatic rings. The highest BCUT2D eigenvalue weighted by molar-refractivity contribution is 9.11. The summed E-state index contributed by atoms with van der Waals surface area (Å²) >= 11 is 7.63. The molecule has 6 heteroatoms. The van der Waals surface area contributed by atoms with Gasteiger partial charge in [-0.1, -0.05) is 180 Å². The van der Waals surface area contributed by atoms with Crippen LogP contribution in [0.4, 0.5) is 0 Å². The van der Waals surface area contributed by atoms with Gasteiger partial charge in [-0.3, -0.25) is 0 Å². The minimum absolute atomic E-state index is 0.710. The maximum Gasteiger partial charge on any atom is 0.134 e. The molecule has 314 valence electrons. The van der Waals surface area contributed by atoms with E-state index in [9.17, 15) is 0 Å². The van der Waals surface area contributed by atoms with Gasteiger partial charge in [-0.2, -0.15) is 0 Å². The summed E-state index contributed by atoms with van der Waals surface area (Å²) in [7, 11) is 0. The first-order valence-electron chi connectivity index (χ1n) is 22.8. The highest BCUT2D eigenvalue weighted by Gasteiger charge is 2.16. The van der Waals surface area contributed by atoms with Gasteiger partial charge >= 0.3 is 0 Å². The lowest BCUT2D eigenvalue weighted by Gasteiger charge is -2.18. The Labute approximate surface area is 359 Å². The largest absolute Gasteiger partial charge is 0.493 e. The highest BCUT2D eigenvalue weighted by Crippen LogP contribution is 2.42. The molecule has 0 bridgehead atoms. The van der Waals surface area contributed by atoms with Gasteiger partial charge < -0.3 is 18.9 Å². The standard InChI is InChI=1S/C50H76Br2O4/c1-5-9-13-17-21-25-33-53-47-39-45(51)49(55-35-27-23-19-15-11-7-3)37-43(47)41-29-31-42(32-30-41)44-38-50(56-36-28-24-20-16-12-8-4)46(52)40-48(44)54-34-26-22-18-14-10-6-2/h29-32,37-40H,5-28,33-36H2,1-4H3. The molecule has 0 aromatic heterocycles. The Bertz CT molecular complexity index is 1330. The summed E-state index contributed by atoms with van der Waals surface area (Å²) in [6, 6.07) is 17.4. The third kappa shape index (κ3) is 19.0. The van der Waals surface area contributed by atoms with Crippen molar-refractivity contribution < 1.29 is 18.9 Å². The fraction of sp³-hybridized carbons (Fsp3) is 0.640. The Balaban J connectivity index is 1.83. The van der Waals surface area contributed by atoms with Crippen molar-refractivity contribution in [3.05, 3.63) is 57.5 Å². The minimum Gasteiger partial charge on any atom is -0.493 e. The summed E-state index contributed by atoms with van der Waals surface area (Å²) in [6.07, 6.45) is 29.7. The van der Waals surface area contributed by atoms with Gasteiger partial charge in [0.15, 0.2) is 0 Å². The number of hydrogen-bond donors (Lipinski definition) is 0. The van der Waals surface area contributed by atoms with Crippen LogP contribution in [0, 0.1) is 0 Å². The lowest BCUT2D eigenvalue weighted by Crippen LogP contribution is -2.02. The Morgan fingerprint density at radius 2 is 0.571 bits per heavy atom. The molecule has 3 rings (SSSR count). The molecule has 0 spiro atoms. The second-order valence-corrected chi connectivity index (χ2v) is 17.3. The van der Waals surface area contributed by atoms with Crippen LogP contribution in [-0.4, -0.2) is 26.4 Å². The van der Waals surface area contributed by atoms with Crippen molar-refractivity contribution in [2.24, 2.45) is 0 Å². The van der Waals surface area contributed by atoms with Gasteiger partial charge in [0.2, 0.25) is 0 Å². The molecule has 0 aliphatic carbocycles. The monoisotopic (exact) mass is 898 g/mol. The third-order valence-electron chi connectivity index (χ3n) is 10.6. The molecular formula is C50H76Br2O4. The molecule has 0 atom stereocenters. The average Bonchev–Trinajstić information content (AvgIpc) is 3.20. The lowest BCUT2D eigenvalue weighted by atomic mass is 9.98. The lowest BCUT2D eigenvalue weighted by molar-refractivity contribution is 0.295. The van der Waals surface area contributed by atoms with E-state index in [2.05, 4.69) is 108 Å². The van der Waals surface area contributed by atoms with Crippen molar-refractivity contribution in [1.82, 2.24) is 0 Å². The summed E-state index contributed by atoms with van der Waals surface area (Å²) in [6.45, 7) is 11.9. The fourth-order valence-corrected chi connectivity index (χ4v) is 7.94. The summed E-state index contributed by atoms with van der Waals surface area (Å²) in [5.41, 5.74) is 4.33. The smallest absolute Gasteiger partial charge is 0.134 e. The SMILES string of the molecule is CCCCCCCCOc1cc(-c2ccc(-c3cc(OCCCCCCCC)c(Br)cc3OCCCCCCCC)cc2)c(OCCCCCCCC)cc1Br. The number of halogens is 2. The summed E-state index contributed by atoms with van der Waals surface area (Å²) in [5, 5.41) is 0. The van der Waals surface area contributed by atoms with Crippen molar-refractivity contribution >= 4 is 31.9 Å². The van der Waals surface area contributed by atoms with Crippen LogP contribution in [0.25, 0.3) is 22.3 Å². The second kappa shape index (κ2) is 30.8. The molecule has 0 unspecified atom stereocenters. The van der Waals surface area contributed by atoms with Crippen LogP contribution < -0.4 is 18.9 Å². The third-order valence-corrected chi connectivity index (χ3v) is 11.8. The molecule has 0 fully saturated rings. The van der Waals surface area contributed by atoms with E-state index in [1.165, 1.54) is 128 Å². The normalized spacial score (nSPS) is 11.2. The van der Waals surface area contributed by atoms with Crippen molar-refractivity contribution in [2.75, 3.05) is 26.4 Å². The molecule has 3 aromatic carbocycles. The first-order chi connectivity index (χ1) is 27.5. The van der Waals surface area contributed by atoms with E-state index in [0.717, 1.165) is 93.1 Å². The number of benzene rings is 3. The molecular weight excluding hydrogens is 824 g/mol. The number of rotatable bonds is 34. The zero-order valence-corrected chi connectivity index (χ0v) is 39.0. The Kier molecular flexibility index (Phi) is 26.5. The first-order valence-corrected chi connectivity index (χ1v) is 24.4. The molecule has 0 saturated heterocycles. The van der Waals surface area contributed by atoms with Gasteiger partial charge in [-0.15, -0.1) is 0 Å². The predicted octanol–water partition coefficient (Wildman–Crippen LogP) is 17.5. The van der Waals surface area contributed by atoms with Crippen molar-refractivity contribution in [2.45, 2.75) is 182 Å². The molecule has 0 amide bonds. The van der Waals surface area contributed by atoms with Crippen LogP contribution in [0.15, 0.2) is 57.5 Å². The van der Waals surface area contributed by atoms with Gasteiger partial charge in [0.25, 0.3) is 0 Å². The topological polar surface area (TPSA) is 36.9 Å². The van der Waals surface area contributed by atoms with Crippen molar-refractivity contribution in [3.63, 3.8) is 0 Å². The van der Waals surface area contributed by atoms with E-state index in [4.69, 9.17) is 18.9 Å². The maximum absolute atomic E-state index is 6.51. The van der Waals surface area contributed by atoms with E-state index < -0.39 is 0 Å². The molecule has 56 heavy (non-hydrogen) atoms. The molecule has 0 saturated carbocycles. The van der Waals surface area contributed by atoms with E-state index >= 15 is 0 Å². The highest BCUT2D eigenvalue weighted by atomic mass is 79.9. The summed E-state index contributed by atoms with van der Waals surface area (Å²) in [4.78, 5) is 0. The van der Waals surface area contributed by atoms with Crippen LogP contribution in [-0.2, 0) is 0 Å². The van der Waals surface area contributed by atoms with E-state index in [0.29, 0.717) is 13.2 Å². The van der Waals surface area contributed by atoms with Crippen LogP contribution in [0.3, 0.4) is 0 Å². The van der Waals surface area contributed by atoms with Gasteiger partial charge in [-0.25, -0.2) is 0 Å². The number of ether oxygens (including phenoxy) is 4. The van der Waals surface area contributed by atoms with Crippen LogP contribution in [0.5, 0.6) is 23.0 Å². The van der Waals surface area contributed by atoms with E-state index in [-0.39, 0.29) is 0 Å². The Morgan fingerprint density at radius 3 is 0.857 bits per heavy atom.